The zero-order chi connectivity index (χ0) is 33.0. The van der Waals surface area contributed by atoms with Gasteiger partial charge in [-0.3, -0.25) is 0 Å². The zero-order valence-corrected chi connectivity index (χ0v) is 30.7. The van der Waals surface area contributed by atoms with Gasteiger partial charge in [-0.2, -0.15) is 0 Å². The van der Waals surface area contributed by atoms with Crippen molar-refractivity contribution >= 4 is 23.2 Å². The lowest BCUT2D eigenvalue weighted by Gasteiger charge is -2.27. The van der Waals surface area contributed by atoms with Gasteiger partial charge < -0.3 is 0 Å². The summed E-state index contributed by atoms with van der Waals surface area (Å²) in [5, 5.41) is 4.45. The van der Waals surface area contributed by atoms with Crippen LogP contribution < -0.4 is 15.9 Å². The van der Waals surface area contributed by atoms with E-state index in [9.17, 15) is 0 Å². The molecule has 3 aromatic rings. The first-order valence-electron chi connectivity index (χ1n) is 17.6. The molecule has 0 fully saturated rings. The van der Waals surface area contributed by atoms with Crippen molar-refractivity contribution in [2.24, 2.45) is 0 Å². The molecule has 0 radical (unpaired) electrons. The van der Waals surface area contributed by atoms with Crippen LogP contribution in [0.5, 0.6) is 0 Å². The molecule has 1 heteroatoms. The first kappa shape index (κ1) is 37.2. The van der Waals surface area contributed by atoms with Crippen LogP contribution >= 0.6 is 7.26 Å². The maximum atomic E-state index is 2.49. The number of benzene rings is 3. The van der Waals surface area contributed by atoms with Crippen LogP contribution in [0.2, 0.25) is 0 Å². The van der Waals surface area contributed by atoms with E-state index in [0.29, 0.717) is 0 Å². The van der Waals surface area contributed by atoms with Crippen LogP contribution in [-0.2, 0) is 0 Å². The van der Waals surface area contributed by atoms with Gasteiger partial charge in [0.15, 0.2) is 0 Å². The predicted molar refractivity (Wildman–Crippen MR) is 211 cm³/mol. The van der Waals surface area contributed by atoms with Gasteiger partial charge in [0.2, 0.25) is 0 Å². The second-order valence-electron chi connectivity index (χ2n) is 13.3. The van der Waals surface area contributed by atoms with Crippen molar-refractivity contribution in [1.82, 2.24) is 0 Å². The molecule has 0 aliphatic heterocycles. The van der Waals surface area contributed by atoms with Crippen LogP contribution in [0, 0.1) is 0 Å². The molecule has 3 aromatic carbocycles. The Morgan fingerprint density at radius 1 is 0.413 bits per heavy atom. The Labute approximate surface area is 283 Å². The van der Waals surface area contributed by atoms with Gasteiger partial charge in [0.25, 0.3) is 0 Å². The Morgan fingerprint density at radius 3 is 1.17 bits per heavy atom. The molecule has 244 valence electrons. The molecule has 0 spiro atoms. The van der Waals surface area contributed by atoms with E-state index in [0.717, 1.165) is 44.9 Å². The van der Waals surface area contributed by atoms with Crippen LogP contribution in [0.15, 0.2) is 149 Å². The monoisotopic (exact) mass is 631 g/mol. The first-order valence-corrected chi connectivity index (χ1v) is 19.6. The molecule has 0 N–H and O–H groups in total. The maximum absolute atomic E-state index is 2.49. The molecule has 0 nitrogen and oxygen atoms in total. The van der Waals surface area contributed by atoms with Gasteiger partial charge >= 0.3 is 0 Å². The third-order valence-electron chi connectivity index (χ3n) is 8.97. The largest absolute Gasteiger partial charge is 0.112 e. The Morgan fingerprint density at radius 2 is 0.761 bits per heavy atom. The van der Waals surface area contributed by atoms with Gasteiger partial charge in [0, 0.05) is 0 Å². The average Bonchev–Trinajstić information content (AvgIpc) is 3.07. The molecule has 0 saturated carbocycles. The van der Waals surface area contributed by atoms with Gasteiger partial charge in [-0.1, -0.05) is 113 Å². The Kier molecular flexibility index (Phi) is 16.9. The Balaban J connectivity index is 1.49. The Bertz CT molecular complexity index is 1330. The third-order valence-corrected chi connectivity index (χ3v) is 13.5. The van der Waals surface area contributed by atoms with E-state index < -0.39 is 7.26 Å². The minimum atomic E-state index is -1.74. The fourth-order valence-corrected chi connectivity index (χ4v) is 10.5. The van der Waals surface area contributed by atoms with Crippen LogP contribution in [0.25, 0.3) is 0 Å². The highest BCUT2D eigenvalue weighted by atomic mass is 31.2. The molecule has 0 bridgehead atoms. The van der Waals surface area contributed by atoms with Crippen molar-refractivity contribution in [3.63, 3.8) is 0 Å². The number of allylic oxidation sites excluding steroid dienone is 10. The van der Waals surface area contributed by atoms with E-state index in [-0.39, 0.29) is 0 Å². The lowest BCUT2D eigenvalue weighted by atomic mass is 10.0. The second kappa shape index (κ2) is 20.8. The molecule has 0 aromatic heterocycles. The van der Waals surface area contributed by atoms with E-state index in [4.69, 9.17) is 0 Å². The highest BCUT2D eigenvalue weighted by Crippen LogP contribution is 2.56. The van der Waals surface area contributed by atoms with Gasteiger partial charge in [-0.05, 0) is 142 Å². The van der Waals surface area contributed by atoms with Gasteiger partial charge in [0.05, 0.1) is 6.16 Å². The second-order valence-corrected chi connectivity index (χ2v) is 16.9. The summed E-state index contributed by atoms with van der Waals surface area (Å²) in [5.41, 5.74) is 7.52. The summed E-state index contributed by atoms with van der Waals surface area (Å²) < 4.78 is 0. The summed E-state index contributed by atoms with van der Waals surface area (Å²) in [6.45, 7) is 13.6. The predicted octanol–water partition coefficient (Wildman–Crippen LogP) is 12.6. The van der Waals surface area contributed by atoms with Crippen molar-refractivity contribution < 1.29 is 0 Å². The van der Waals surface area contributed by atoms with Crippen LogP contribution in [0.3, 0.4) is 0 Å². The lowest BCUT2D eigenvalue weighted by Crippen LogP contribution is -2.33. The van der Waals surface area contributed by atoms with E-state index >= 15 is 0 Å². The minimum Gasteiger partial charge on any atom is -0.0856 e. The fourth-order valence-electron chi connectivity index (χ4n) is 6.19. The SMILES string of the molecule is CC(C)=CCC/C=C(\C)CC/C(C)=C/CC/C=C(\C)CC/C=C(\C)CCC[P+](c1ccccc1)(c1ccccc1)c1ccccc1. The smallest absolute Gasteiger partial charge is 0.0856 e. The lowest BCUT2D eigenvalue weighted by molar-refractivity contribution is 0.876. The highest BCUT2D eigenvalue weighted by molar-refractivity contribution is 7.95. The number of rotatable bonds is 19. The topological polar surface area (TPSA) is 0 Å². The van der Waals surface area contributed by atoms with Gasteiger partial charge in [-0.15, -0.1) is 0 Å². The quantitative estimate of drug-likeness (QED) is 0.0701. The Hall–Kier alpha value is -3.21. The molecule has 0 atom stereocenters. The van der Waals surface area contributed by atoms with Crippen molar-refractivity contribution in [3.8, 4) is 0 Å². The summed E-state index contributed by atoms with van der Waals surface area (Å²) >= 11 is 0. The normalized spacial score (nSPS) is 13.2. The minimum absolute atomic E-state index is 1.14. The van der Waals surface area contributed by atoms with Crippen molar-refractivity contribution in [2.45, 2.75) is 106 Å². The molecule has 0 aliphatic carbocycles. The molecule has 0 amide bonds. The summed E-state index contributed by atoms with van der Waals surface area (Å²) in [6.07, 6.45) is 25.0. The highest BCUT2D eigenvalue weighted by Gasteiger charge is 2.44. The first-order chi connectivity index (χ1) is 22.3. The van der Waals surface area contributed by atoms with E-state index in [2.05, 4.69) is 163 Å². The number of hydrogen-bond acceptors (Lipinski definition) is 0. The molecule has 3 rings (SSSR count). The van der Waals surface area contributed by atoms with Crippen molar-refractivity contribution in [3.05, 3.63) is 149 Å². The summed E-state index contributed by atoms with van der Waals surface area (Å²) in [4.78, 5) is 0. The van der Waals surface area contributed by atoms with Crippen LogP contribution in [0.4, 0.5) is 0 Å². The maximum Gasteiger partial charge on any atom is 0.112 e. The average molecular weight is 632 g/mol. The molecule has 0 saturated heterocycles. The van der Waals surface area contributed by atoms with Crippen molar-refractivity contribution in [2.75, 3.05) is 6.16 Å². The number of hydrogen-bond donors (Lipinski definition) is 0. The zero-order valence-electron chi connectivity index (χ0n) is 29.8. The molecule has 0 aliphatic rings. The van der Waals surface area contributed by atoms with Crippen molar-refractivity contribution in [1.29, 1.82) is 0 Å². The fraction of sp³-hybridized carbons (Fsp3) is 0.378. The standard InChI is InChI=1S/C45H60P/c1-38(2)22-16-17-24-41(5)35-36-42(6)25-19-18-23-39(3)26-20-27-40(4)28-21-37-46(43-29-10-7-11-30-43,44-31-12-8-13-32-44)45-33-14-9-15-34-45/h7-15,22-25,27,29-34H,16-21,26,28,35-37H2,1-6H3/q+1/b39-23+,40-27+,41-24+,42-25+. The van der Waals surface area contributed by atoms with E-state index in [1.54, 1.807) is 0 Å². The molecule has 0 heterocycles. The van der Waals surface area contributed by atoms with Crippen LogP contribution in [-0.4, -0.2) is 6.16 Å². The third kappa shape index (κ3) is 12.9. The summed E-state index contributed by atoms with van der Waals surface area (Å²) in [6, 6.07) is 33.8. The van der Waals surface area contributed by atoms with Gasteiger partial charge in [0.1, 0.15) is 23.2 Å². The molecule has 0 unspecified atom stereocenters. The molecular formula is C45H60P+. The van der Waals surface area contributed by atoms with E-state index in [1.165, 1.54) is 69.2 Å². The molecule has 46 heavy (non-hydrogen) atoms. The van der Waals surface area contributed by atoms with Crippen LogP contribution in [0.1, 0.15) is 106 Å². The summed E-state index contributed by atoms with van der Waals surface area (Å²) in [7, 11) is -1.74. The number of unbranched alkanes of at least 4 members (excludes halogenated alkanes) is 2. The van der Waals surface area contributed by atoms with E-state index in [1.807, 2.05) is 0 Å². The molecular weight excluding hydrogens is 571 g/mol. The van der Waals surface area contributed by atoms with Gasteiger partial charge in [-0.25, -0.2) is 0 Å². The summed E-state index contributed by atoms with van der Waals surface area (Å²) in [5.74, 6) is 0.